The van der Waals surface area contributed by atoms with Gasteiger partial charge in [-0.1, -0.05) is 24.6 Å². The number of morpholine rings is 1. The van der Waals surface area contributed by atoms with Gasteiger partial charge in [-0.05, 0) is 57.2 Å². The van der Waals surface area contributed by atoms with Gasteiger partial charge in [-0.3, -0.25) is 4.79 Å². The van der Waals surface area contributed by atoms with Crippen molar-refractivity contribution >= 4 is 22.1 Å². The van der Waals surface area contributed by atoms with Gasteiger partial charge in [-0.2, -0.15) is 9.41 Å². The number of ether oxygens (including phenoxy) is 1. The third-order valence-electron chi connectivity index (χ3n) is 4.68. The van der Waals surface area contributed by atoms with E-state index < -0.39 is 15.9 Å². The van der Waals surface area contributed by atoms with E-state index in [9.17, 15) is 13.2 Å². The number of nitrogens with zero attached hydrogens (tertiary/aromatic N) is 2. The molecule has 160 valence electrons. The molecule has 8 heteroatoms. The third-order valence-corrected chi connectivity index (χ3v) is 6.58. The van der Waals surface area contributed by atoms with Crippen LogP contribution in [0.3, 0.4) is 0 Å². The number of benzene rings is 1. The molecule has 1 aliphatic heterocycles. The second-order valence-electron chi connectivity index (χ2n) is 7.50. The molecule has 0 spiro atoms. The fraction of sp³-hybridized carbons (Fsp3) is 0.524. The van der Waals surface area contributed by atoms with Crippen LogP contribution in [0.1, 0.15) is 50.4 Å². The topological polar surface area (TPSA) is 88.1 Å². The van der Waals surface area contributed by atoms with Crippen molar-refractivity contribution in [2.45, 2.75) is 44.9 Å². The second-order valence-corrected chi connectivity index (χ2v) is 9.43. The summed E-state index contributed by atoms with van der Waals surface area (Å²) in [5, 5.41) is 4.00. The first kappa shape index (κ1) is 23.3. The highest BCUT2D eigenvalue weighted by atomic mass is 32.2. The van der Waals surface area contributed by atoms with E-state index in [0.29, 0.717) is 32.2 Å². The lowest BCUT2D eigenvalue weighted by Crippen LogP contribution is -2.40. The average molecular weight is 422 g/mol. The van der Waals surface area contributed by atoms with Crippen molar-refractivity contribution in [3.63, 3.8) is 0 Å². The van der Waals surface area contributed by atoms with E-state index in [1.165, 1.54) is 22.0 Å². The summed E-state index contributed by atoms with van der Waals surface area (Å²) in [7, 11) is -3.64. The van der Waals surface area contributed by atoms with Gasteiger partial charge in [0.2, 0.25) is 10.0 Å². The van der Waals surface area contributed by atoms with Gasteiger partial charge < -0.3 is 4.74 Å². The Morgan fingerprint density at radius 3 is 2.72 bits per heavy atom. The van der Waals surface area contributed by atoms with E-state index in [0.717, 1.165) is 19.3 Å². The Kier molecular flexibility index (Phi) is 9.00. The van der Waals surface area contributed by atoms with E-state index in [1.54, 1.807) is 18.3 Å². The number of carbonyl (C=O) groups excluding carboxylic acids is 1. The molecule has 0 saturated carbocycles. The van der Waals surface area contributed by atoms with Gasteiger partial charge in [0.15, 0.2) is 0 Å². The van der Waals surface area contributed by atoms with Crippen molar-refractivity contribution in [3.05, 3.63) is 41.5 Å². The van der Waals surface area contributed by atoms with E-state index in [-0.39, 0.29) is 10.5 Å². The molecule has 0 aromatic heterocycles. The zero-order valence-electron chi connectivity index (χ0n) is 17.4. The standard InChI is InChI=1S/C21H31N3O4S/c1-17(2)6-4-7-18(3)10-11-22-23-21(25)19-8-5-9-20(16-19)29(26,27)24-12-14-28-15-13-24/h5-6,8-9,11,16,18H,4,7,10,12-15H2,1-3H3,(H,23,25)/b22-11-/t18-/m1/s1. The van der Waals surface area contributed by atoms with Crippen LogP contribution < -0.4 is 5.43 Å². The summed E-state index contributed by atoms with van der Waals surface area (Å²) >= 11 is 0. The minimum Gasteiger partial charge on any atom is -0.379 e. The first-order valence-corrected chi connectivity index (χ1v) is 11.4. The molecule has 1 aromatic rings. The molecule has 1 fully saturated rings. The van der Waals surface area contributed by atoms with Crippen LogP contribution >= 0.6 is 0 Å². The highest BCUT2D eigenvalue weighted by Crippen LogP contribution is 2.18. The molecule has 0 aliphatic carbocycles. The molecule has 1 heterocycles. The number of sulfonamides is 1. The molecule has 1 amide bonds. The summed E-state index contributed by atoms with van der Waals surface area (Å²) in [6, 6.07) is 6.03. The monoisotopic (exact) mass is 421 g/mol. The van der Waals surface area contributed by atoms with E-state index in [4.69, 9.17) is 4.74 Å². The minimum absolute atomic E-state index is 0.101. The second kappa shape index (κ2) is 11.2. The van der Waals surface area contributed by atoms with Crippen LogP contribution in [-0.4, -0.2) is 51.1 Å². The molecular formula is C21H31N3O4S. The number of hydrogen-bond acceptors (Lipinski definition) is 5. The number of carbonyl (C=O) groups is 1. The van der Waals surface area contributed by atoms with Crippen molar-refractivity contribution in [1.82, 2.24) is 9.73 Å². The normalized spacial score (nSPS) is 16.5. The Bertz CT molecular complexity index is 839. The summed E-state index contributed by atoms with van der Waals surface area (Å²) in [4.78, 5) is 12.4. The van der Waals surface area contributed by atoms with Gasteiger partial charge >= 0.3 is 0 Å². The number of hydrogen-bond donors (Lipinski definition) is 1. The van der Waals surface area contributed by atoms with Gasteiger partial charge in [0.1, 0.15) is 0 Å². The van der Waals surface area contributed by atoms with Gasteiger partial charge in [-0.15, -0.1) is 0 Å². The summed E-state index contributed by atoms with van der Waals surface area (Å²) in [6.45, 7) is 7.70. The number of nitrogens with one attached hydrogen (secondary N) is 1. The Morgan fingerprint density at radius 2 is 2.03 bits per heavy atom. The van der Waals surface area contributed by atoms with Crippen LogP contribution in [0.2, 0.25) is 0 Å². The first-order chi connectivity index (χ1) is 13.8. The van der Waals surface area contributed by atoms with Crippen LogP contribution in [0.4, 0.5) is 0 Å². The Hall–Kier alpha value is -2.03. The number of rotatable bonds is 9. The van der Waals surface area contributed by atoms with Crippen LogP contribution in [0.5, 0.6) is 0 Å². The Labute approximate surface area is 173 Å². The maximum Gasteiger partial charge on any atom is 0.271 e. The molecule has 0 unspecified atom stereocenters. The highest BCUT2D eigenvalue weighted by molar-refractivity contribution is 7.89. The quantitative estimate of drug-likeness (QED) is 0.377. The van der Waals surface area contributed by atoms with Crippen molar-refractivity contribution in [2.75, 3.05) is 26.3 Å². The maximum absolute atomic E-state index is 12.7. The van der Waals surface area contributed by atoms with E-state index in [1.807, 2.05) is 0 Å². The zero-order valence-corrected chi connectivity index (χ0v) is 18.2. The van der Waals surface area contributed by atoms with Crippen LogP contribution in [-0.2, 0) is 14.8 Å². The number of hydrazone groups is 1. The molecule has 2 rings (SSSR count). The molecule has 1 aliphatic rings. The molecule has 0 bridgehead atoms. The summed E-state index contributed by atoms with van der Waals surface area (Å²) < 4.78 is 32.0. The summed E-state index contributed by atoms with van der Waals surface area (Å²) in [5.74, 6) is 0.0331. The lowest BCUT2D eigenvalue weighted by atomic mass is 10.0. The molecule has 1 aromatic carbocycles. The Balaban J connectivity index is 1.91. The molecular weight excluding hydrogens is 390 g/mol. The molecule has 0 radical (unpaired) electrons. The van der Waals surface area contributed by atoms with Crippen molar-refractivity contribution < 1.29 is 17.9 Å². The van der Waals surface area contributed by atoms with Gasteiger partial charge in [-0.25, -0.2) is 13.8 Å². The largest absolute Gasteiger partial charge is 0.379 e. The van der Waals surface area contributed by atoms with E-state index in [2.05, 4.69) is 37.4 Å². The smallest absolute Gasteiger partial charge is 0.271 e. The molecule has 7 nitrogen and oxygen atoms in total. The summed E-state index contributed by atoms with van der Waals surface area (Å²) in [6.07, 6.45) is 6.77. The van der Waals surface area contributed by atoms with E-state index >= 15 is 0 Å². The predicted molar refractivity (Wildman–Crippen MR) is 114 cm³/mol. The maximum atomic E-state index is 12.7. The molecule has 29 heavy (non-hydrogen) atoms. The fourth-order valence-electron chi connectivity index (χ4n) is 2.91. The van der Waals surface area contributed by atoms with Crippen molar-refractivity contribution in [3.8, 4) is 0 Å². The highest BCUT2D eigenvalue weighted by Gasteiger charge is 2.26. The lowest BCUT2D eigenvalue weighted by Gasteiger charge is -2.26. The molecule has 1 atom stereocenters. The van der Waals surface area contributed by atoms with Gasteiger partial charge in [0, 0.05) is 24.9 Å². The number of amides is 1. The predicted octanol–water partition coefficient (Wildman–Crippen LogP) is 3.20. The van der Waals surface area contributed by atoms with Gasteiger partial charge in [0.05, 0.1) is 18.1 Å². The fourth-order valence-corrected chi connectivity index (χ4v) is 4.36. The zero-order chi connectivity index (χ0) is 21.3. The Morgan fingerprint density at radius 1 is 1.31 bits per heavy atom. The number of allylic oxidation sites excluding steroid dienone is 2. The van der Waals surface area contributed by atoms with Gasteiger partial charge in [0.25, 0.3) is 5.91 Å². The van der Waals surface area contributed by atoms with Crippen LogP contribution in [0, 0.1) is 5.92 Å². The van der Waals surface area contributed by atoms with Crippen molar-refractivity contribution in [1.29, 1.82) is 0 Å². The average Bonchev–Trinajstić information content (AvgIpc) is 2.71. The van der Waals surface area contributed by atoms with Crippen LogP contribution in [0.25, 0.3) is 0 Å². The summed E-state index contributed by atoms with van der Waals surface area (Å²) in [5.41, 5.74) is 4.05. The SMILES string of the molecule is CC(C)=CCC[C@@H](C)C/C=N\NC(=O)c1cccc(S(=O)(=O)N2CCOCC2)c1. The van der Waals surface area contributed by atoms with Crippen molar-refractivity contribution in [2.24, 2.45) is 11.0 Å². The third kappa shape index (κ3) is 7.38. The first-order valence-electron chi connectivity index (χ1n) is 9.94. The molecule has 1 saturated heterocycles. The molecule has 1 N–H and O–H groups in total. The van der Waals surface area contributed by atoms with Crippen LogP contribution in [0.15, 0.2) is 45.9 Å². The lowest BCUT2D eigenvalue weighted by molar-refractivity contribution is 0.0730. The minimum atomic E-state index is -3.64.